The fourth-order valence-corrected chi connectivity index (χ4v) is 10.4. The second-order valence-electron chi connectivity index (χ2n) is 16.6. The van der Waals surface area contributed by atoms with E-state index in [4.69, 9.17) is 30.6 Å². The molecule has 0 bridgehead atoms. The highest BCUT2D eigenvalue weighted by Gasteiger charge is 2.64. The molecule has 0 aliphatic heterocycles. The van der Waals surface area contributed by atoms with E-state index in [2.05, 4.69) is 24.2 Å². The molecule has 2 aromatic carbocycles. The van der Waals surface area contributed by atoms with Crippen molar-refractivity contribution in [2.75, 3.05) is 26.3 Å². The van der Waals surface area contributed by atoms with Crippen molar-refractivity contribution in [2.45, 2.75) is 102 Å². The second-order valence-corrected chi connectivity index (χ2v) is 16.6. The maximum Gasteiger partial charge on any atom is 0.418 e. The second kappa shape index (κ2) is 16.7. The third-order valence-electron chi connectivity index (χ3n) is 13.5. The monoisotopic (exact) mass is 746 g/mol. The van der Waals surface area contributed by atoms with Crippen LogP contribution in [0.15, 0.2) is 58.8 Å². The van der Waals surface area contributed by atoms with Crippen molar-refractivity contribution in [1.29, 1.82) is 0 Å². The van der Waals surface area contributed by atoms with Crippen LogP contribution in [0.4, 0.5) is 0 Å². The third-order valence-corrected chi connectivity index (χ3v) is 13.5. The Bertz CT molecular complexity index is 1530. The first-order chi connectivity index (χ1) is 25.9. The van der Waals surface area contributed by atoms with Crippen molar-refractivity contribution in [2.24, 2.45) is 56.3 Å². The van der Waals surface area contributed by atoms with Crippen LogP contribution in [0.5, 0.6) is 11.5 Å². The van der Waals surface area contributed by atoms with Gasteiger partial charge in [0, 0.05) is 48.2 Å². The van der Waals surface area contributed by atoms with E-state index in [0.717, 1.165) is 62.5 Å². The number of fused-ring (bicyclic) bond motifs is 2. The number of ether oxygens (including phenoxy) is 2. The minimum atomic E-state index is -0.954. The number of nitrogens with two attached hydrogens (primary N) is 2. The average Bonchev–Trinajstić information content (AvgIpc) is 3.59. The average molecular weight is 747 g/mol. The van der Waals surface area contributed by atoms with Crippen molar-refractivity contribution < 1.29 is 39.0 Å². The Kier molecular flexibility index (Phi) is 12.2. The molecule has 0 aromatic heterocycles. The lowest BCUT2D eigenvalue weighted by atomic mass is 9.59. The van der Waals surface area contributed by atoms with Crippen LogP contribution in [-0.2, 0) is 41.6 Å². The number of oxime groups is 2. The summed E-state index contributed by atoms with van der Waals surface area (Å²) in [5, 5.41) is 28.1. The number of aromatic hydroxyl groups is 2. The Morgan fingerprint density at radius 2 is 1.06 bits per heavy atom. The summed E-state index contributed by atoms with van der Waals surface area (Å²) in [7, 11) is 0. The number of esters is 2. The molecule has 4 saturated carbocycles. The van der Waals surface area contributed by atoms with Gasteiger partial charge < -0.3 is 40.8 Å². The number of nitrogens with zero attached hydrogens (tertiary/aromatic N) is 2. The van der Waals surface area contributed by atoms with Gasteiger partial charge in [-0.3, -0.25) is 0 Å². The summed E-state index contributed by atoms with van der Waals surface area (Å²) in [6, 6.07) is 14.5. The fraction of sp³-hybridized carbons (Fsp3) is 0.619. The van der Waals surface area contributed by atoms with E-state index in [1.54, 1.807) is 24.3 Å². The molecule has 6 rings (SSSR count). The summed E-state index contributed by atoms with van der Waals surface area (Å²) >= 11 is 0. The van der Waals surface area contributed by atoms with Crippen LogP contribution in [0, 0.1) is 34.5 Å². The molecule has 0 heterocycles. The predicted octanol–water partition coefficient (Wildman–Crippen LogP) is 5.80. The number of hydrogen-bond acceptors (Lipinski definition) is 12. The molecule has 4 aliphatic rings. The minimum Gasteiger partial charge on any atom is -0.508 e. The van der Waals surface area contributed by atoms with Gasteiger partial charge in [-0.15, -0.1) is 0 Å². The summed E-state index contributed by atoms with van der Waals surface area (Å²) < 4.78 is 13.1. The van der Waals surface area contributed by atoms with Crippen LogP contribution in [0.25, 0.3) is 0 Å². The molecule has 0 unspecified atom stereocenters. The van der Waals surface area contributed by atoms with E-state index in [9.17, 15) is 19.8 Å². The number of carbonyl (C=O) groups is 2. The highest BCUT2D eigenvalue weighted by atomic mass is 16.6. The molecule has 4 fully saturated rings. The van der Waals surface area contributed by atoms with Gasteiger partial charge in [0.05, 0.1) is 0 Å². The maximum atomic E-state index is 14.2. The zero-order valence-corrected chi connectivity index (χ0v) is 31.8. The van der Waals surface area contributed by atoms with Gasteiger partial charge in [0.15, 0.2) is 0 Å². The molecule has 12 heteroatoms. The number of benzene rings is 2. The van der Waals surface area contributed by atoms with Crippen LogP contribution < -0.4 is 11.5 Å². The van der Waals surface area contributed by atoms with Gasteiger partial charge in [0.1, 0.15) is 35.9 Å². The topological polar surface area (TPSA) is 188 Å². The van der Waals surface area contributed by atoms with Crippen molar-refractivity contribution in [1.82, 2.24) is 0 Å². The number of carbonyl (C=O) groups excluding carboxylic acids is 2. The van der Waals surface area contributed by atoms with Gasteiger partial charge in [0.25, 0.3) is 0 Å². The number of hydrogen-bond donors (Lipinski definition) is 4. The first-order valence-electron chi connectivity index (χ1n) is 19.7. The fourth-order valence-electron chi connectivity index (χ4n) is 10.4. The van der Waals surface area contributed by atoms with Gasteiger partial charge >= 0.3 is 11.9 Å². The van der Waals surface area contributed by atoms with Crippen LogP contribution in [-0.4, -0.2) is 72.1 Å². The van der Waals surface area contributed by atoms with E-state index in [-0.39, 0.29) is 35.2 Å². The Hall–Kier alpha value is -4.16. The molecule has 54 heavy (non-hydrogen) atoms. The smallest absolute Gasteiger partial charge is 0.418 e. The van der Waals surface area contributed by atoms with Crippen molar-refractivity contribution in [3.8, 4) is 11.5 Å². The Balaban J connectivity index is 1.24. The lowest BCUT2D eigenvalue weighted by molar-refractivity contribution is -0.209. The Labute approximate surface area is 318 Å². The summed E-state index contributed by atoms with van der Waals surface area (Å²) in [4.78, 5) is 39.2. The first kappa shape index (κ1) is 39.5. The van der Waals surface area contributed by atoms with Crippen LogP contribution >= 0.6 is 0 Å². The zero-order chi connectivity index (χ0) is 38.4. The molecular weight excluding hydrogens is 688 g/mol. The standard InChI is InChI=1S/C42H58N4O8/c1-39-15-11-31(23-29-3-7-35(47)8-4-29)25-41(39,17-13-33(39)27-45-51-21-19-43)53-37(49)38(50)54-42-18-14-34(28-46-52-22-20-44)40(42,2)16-12-32(26-42)24-30-5-9-36(48)10-6-30/h3-10,27-28,31-34,47-48H,11-26,43-44H2,1-2H3/t31-,32-,33-,34-,39-,40-,41+,42+/m1/s1. The first-order valence-corrected chi connectivity index (χ1v) is 19.7. The van der Waals surface area contributed by atoms with Crippen LogP contribution in [0.1, 0.15) is 89.2 Å². The quantitative estimate of drug-likeness (QED) is 0.0605. The van der Waals surface area contributed by atoms with E-state index in [1.807, 2.05) is 36.7 Å². The van der Waals surface area contributed by atoms with E-state index >= 15 is 0 Å². The van der Waals surface area contributed by atoms with E-state index < -0.39 is 34.0 Å². The lowest BCUT2D eigenvalue weighted by Gasteiger charge is -2.52. The lowest BCUT2D eigenvalue weighted by Crippen LogP contribution is -2.56. The Morgan fingerprint density at radius 1 is 0.667 bits per heavy atom. The summed E-state index contributed by atoms with van der Waals surface area (Å²) in [6.07, 6.45) is 12.4. The molecular formula is C42H58N4O8. The SMILES string of the molecule is C[C@]12CC[C@H](Cc3ccc(O)cc3)C[C@@]1(OC(=O)C(=O)O[C@]13CC[C@H](C=NOCCN)[C@@]1(C)CC[C@H](Cc1ccc(O)cc1)C3)CC[C@@H]2C=NOCCN. The molecule has 0 saturated heterocycles. The largest absolute Gasteiger partial charge is 0.508 e. The van der Waals surface area contributed by atoms with Crippen LogP contribution in [0.2, 0.25) is 0 Å². The minimum absolute atomic E-state index is 0.0222. The Morgan fingerprint density at radius 3 is 1.43 bits per heavy atom. The summed E-state index contributed by atoms with van der Waals surface area (Å²) in [5.74, 6) is -1.12. The van der Waals surface area contributed by atoms with Gasteiger partial charge in [-0.2, -0.15) is 0 Å². The highest BCUT2D eigenvalue weighted by Crippen LogP contribution is 2.62. The van der Waals surface area contributed by atoms with Gasteiger partial charge in [-0.25, -0.2) is 9.59 Å². The van der Waals surface area contributed by atoms with E-state index in [0.29, 0.717) is 52.0 Å². The predicted molar refractivity (Wildman–Crippen MR) is 205 cm³/mol. The van der Waals surface area contributed by atoms with Gasteiger partial charge in [-0.1, -0.05) is 48.4 Å². The molecule has 294 valence electrons. The molecule has 8 atom stereocenters. The highest BCUT2D eigenvalue weighted by molar-refractivity contribution is 6.30. The number of phenols is 2. The van der Waals surface area contributed by atoms with Gasteiger partial charge in [-0.05, 0) is 124 Å². The van der Waals surface area contributed by atoms with Crippen molar-refractivity contribution >= 4 is 24.4 Å². The van der Waals surface area contributed by atoms with E-state index in [1.165, 1.54) is 0 Å². The number of phenolic OH excluding ortho intramolecular Hbond substituents is 2. The molecule has 0 amide bonds. The van der Waals surface area contributed by atoms with Crippen molar-refractivity contribution in [3.63, 3.8) is 0 Å². The molecule has 6 N–H and O–H groups in total. The molecule has 0 spiro atoms. The maximum absolute atomic E-state index is 14.2. The summed E-state index contributed by atoms with van der Waals surface area (Å²) in [5.41, 5.74) is 10.6. The van der Waals surface area contributed by atoms with Crippen LogP contribution in [0.3, 0.4) is 0 Å². The molecule has 0 radical (unpaired) electrons. The summed E-state index contributed by atoms with van der Waals surface area (Å²) in [6.45, 7) is 5.63. The normalized spacial score (nSPS) is 33.3. The molecule has 4 aliphatic carbocycles. The zero-order valence-electron chi connectivity index (χ0n) is 31.8. The van der Waals surface area contributed by atoms with Crippen molar-refractivity contribution in [3.05, 3.63) is 59.7 Å². The molecule has 12 nitrogen and oxygen atoms in total. The third kappa shape index (κ3) is 8.10. The van der Waals surface area contributed by atoms with Gasteiger partial charge in [0.2, 0.25) is 0 Å². The number of rotatable bonds is 14. The molecule has 2 aromatic rings.